The van der Waals surface area contributed by atoms with Gasteiger partial charge in [-0.3, -0.25) is 4.79 Å². The summed E-state index contributed by atoms with van der Waals surface area (Å²) in [5, 5.41) is 1.20. The van der Waals surface area contributed by atoms with Gasteiger partial charge in [0.2, 0.25) is 5.91 Å². The summed E-state index contributed by atoms with van der Waals surface area (Å²) in [5.74, 6) is 0.550. The van der Waals surface area contributed by atoms with Crippen LogP contribution in [0.1, 0.15) is 31.2 Å². The fourth-order valence-corrected chi connectivity index (χ4v) is 3.01. The van der Waals surface area contributed by atoms with Crippen LogP contribution in [0.3, 0.4) is 0 Å². The molecule has 5 nitrogen and oxygen atoms in total. The summed E-state index contributed by atoms with van der Waals surface area (Å²) >= 11 is 0. The molecule has 0 aliphatic carbocycles. The van der Waals surface area contributed by atoms with E-state index in [2.05, 4.69) is 22.2 Å². The van der Waals surface area contributed by atoms with E-state index < -0.39 is 6.04 Å². The summed E-state index contributed by atoms with van der Waals surface area (Å²) in [4.78, 5) is 21.3. The summed E-state index contributed by atoms with van der Waals surface area (Å²) in [6.07, 6.45) is 5.83. The van der Waals surface area contributed by atoms with E-state index in [9.17, 15) is 4.79 Å². The number of hydrogen-bond donors (Lipinski definition) is 2. The number of piperidine rings is 1. The first-order valence-electron chi connectivity index (χ1n) is 7.13. The molecule has 0 radical (unpaired) electrons. The van der Waals surface area contributed by atoms with Crippen molar-refractivity contribution < 1.29 is 4.79 Å². The van der Waals surface area contributed by atoms with E-state index >= 15 is 0 Å². The van der Waals surface area contributed by atoms with Gasteiger partial charge in [0.15, 0.2) is 0 Å². The van der Waals surface area contributed by atoms with Crippen LogP contribution in [0.4, 0.5) is 0 Å². The summed E-state index contributed by atoms with van der Waals surface area (Å²) in [7, 11) is 0. The van der Waals surface area contributed by atoms with Crippen molar-refractivity contribution in [2.75, 3.05) is 13.1 Å². The van der Waals surface area contributed by atoms with Crippen molar-refractivity contribution in [1.82, 2.24) is 14.9 Å². The molecule has 0 spiro atoms. The molecule has 1 amide bonds. The van der Waals surface area contributed by atoms with Crippen LogP contribution in [0.25, 0.3) is 11.0 Å². The summed E-state index contributed by atoms with van der Waals surface area (Å²) in [5.41, 5.74) is 7.93. The Morgan fingerprint density at radius 2 is 2.25 bits per heavy atom. The van der Waals surface area contributed by atoms with Crippen molar-refractivity contribution in [3.05, 3.63) is 30.1 Å². The fourth-order valence-electron chi connectivity index (χ4n) is 3.01. The molecular weight excluding hydrogens is 252 g/mol. The predicted octanol–water partition coefficient (Wildman–Crippen LogP) is 1.62. The average Bonchev–Trinajstić information content (AvgIpc) is 2.90. The first-order valence-corrected chi connectivity index (χ1v) is 7.13. The number of hydrogen-bond acceptors (Lipinski definition) is 3. The zero-order valence-corrected chi connectivity index (χ0v) is 11.7. The standard InChI is InChI=1S/C15H20N4O/c1-10(16)15(20)19-7-4-11(5-8-19)13-9-18-14-12(13)3-2-6-17-14/h2-3,6,9-11H,4-5,7-8,16H2,1H3,(H,17,18)/t10-/m0/s1. The van der Waals surface area contributed by atoms with Crippen LogP contribution in [-0.4, -0.2) is 39.9 Å². The first kappa shape index (κ1) is 13.1. The number of aromatic amines is 1. The minimum absolute atomic E-state index is 0.0593. The fraction of sp³-hybridized carbons (Fsp3) is 0.467. The largest absolute Gasteiger partial charge is 0.346 e. The van der Waals surface area contributed by atoms with E-state index in [0.29, 0.717) is 5.92 Å². The second-order valence-electron chi connectivity index (χ2n) is 5.53. The van der Waals surface area contributed by atoms with Crippen molar-refractivity contribution in [1.29, 1.82) is 0 Å². The number of amides is 1. The second-order valence-corrected chi connectivity index (χ2v) is 5.53. The molecule has 1 saturated heterocycles. The molecule has 3 N–H and O–H groups in total. The quantitative estimate of drug-likeness (QED) is 0.872. The van der Waals surface area contributed by atoms with E-state index in [4.69, 9.17) is 5.73 Å². The number of likely N-dealkylation sites (tertiary alicyclic amines) is 1. The highest BCUT2D eigenvalue weighted by molar-refractivity contribution is 5.82. The number of nitrogens with two attached hydrogens (primary N) is 1. The molecule has 0 bridgehead atoms. The highest BCUT2D eigenvalue weighted by atomic mass is 16.2. The normalized spacial score (nSPS) is 18.4. The maximum atomic E-state index is 11.9. The van der Waals surface area contributed by atoms with Crippen LogP contribution in [0.15, 0.2) is 24.5 Å². The molecule has 106 valence electrons. The number of nitrogens with zero attached hydrogens (tertiary/aromatic N) is 2. The van der Waals surface area contributed by atoms with Gasteiger partial charge in [-0.2, -0.15) is 0 Å². The third-order valence-corrected chi connectivity index (χ3v) is 4.12. The second kappa shape index (κ2) is 5.25. The van der Waals surface area contributed by atoms with Crippen LogP contribution in [0.5, 0.6) is 0 Å². The zero-order chi connectivity index (χ0) is 14.1. The van der Waals surface area contributed by atoms with E-state index in [1.54, 1.807) is 13.1 Å². The number of nitrogens with one attached hydrogen (secondary N) is 1. The minimum Gasteiger partial charge on any atom is -0.346 e. The van der Waals surface area contributed by atoms with Crippen LogP contribution in [0.2, 0.25) is 0 Å². The van der Waals surface area contributed by atoms with Crippen LogP contribution in [-0.2, 0) is 4.79 Å². The Labute approximate surface area is 118 Å². The maximum absolute atomic E-state index is 11.9. The summed E-state index contributed by atoms with van der Waals surface area (Å²) in [6, 6.07) is 3.67. The third kappa shape index (κ3) is 2.29. The van der Waals surface area contributed by atoms with Crippen LogP contribution >= 0.6 is 0 Å². The highest BCUT2D eigenvalue weighted by Crippen LogP contribution is 2.32. The SMILES string of the molecule is C[C@H](N)C(=O)N1CCC(c2c[nH]c3ncccc23)CC1. The number of pyridine rings is 1. The molecule has 0 saturated carbocycles. The molecule has 0 unspecified atom stereocenters. The van der Waals surface area contributed by atoms with E-state index in [-0.39, 0.29) is 5.91 Å². The lowest BCUT2D eigenvalue weighted by atomic mass is 9.89. The Morgan fingerprint density at radius 3 is 2.95 bits per heavy atom. The molecule has 1 atom stereocenters. The lowest BCUT2D eigenvalue weighted by Gasteiger charge is -2.33. The molecule has 3 heterocycles. The molecule has 1 aliphatic rings. The van der Waals surface area contributed by atoms with E-state index in [1.807, 2.05) is 11.0 Å². The smallest absolute Gasteiger partial charge is 0.239 e. The molecular formula is C15H20N4O. The molecule has 2 aromatic heterocycles. The molecule has 2 aromatic rings. The topological polar surface area (TPSA) is 75.0 Å². The van der Waals surface area contributed by atoms with Crippen molar-refractivity contribution in [3.8, 4) is 0 Å². The monoisotopic (exact) mass is 272 g/mol. The third-order valence-electron chi connectivity index (χ3n) is 4.12. The average molecular weight is 272 g/mol. The number of carbonyl (C=O) groups excluding carboxylic acids is 1. The molecule has 20 heavy (non-hydrogen) atoms. The highest BCUT2D eigenvalue weighted by Gasteiger charge is 2.26. The van der Waals surface area contributed by atoms with Gasteiger partial charge in [0.25, 0.3) is 0 Å². The Morgan fingerprint density at radius 1 is 1.50 bits per heavy atom. The van der Waals surface area contributed by atoms with Crippen molar-refractivity contribution in [2.45, 2.75) is 31.7 Å². The van der Waals surface area contributed by atoms with Gasteiger partial charge in [-0.1, -0.05) is 0 Å². The van der Waals surface area contributed by atoms with Crippen molar-refractivity contribution >= 4 is 16.9 Å². The number of aromatic nitrogens is 2. The summed E-state index contributed by atoms with van der Waals surface area (Å²) < 4.78 is 0. The predicted molar refractivity (Wildman–Crippen MR) is 78.3 cm³/mol. The summed E-state index contributed by atoms with van der Waals surface area (Å²) in [6.45, 7) is 3.33. The number of fused-ring (bicyclic) bond motifs is 1. The Kier molecular flexibility index (Phi) is 3.44. The molecule has 5 heteroatoms. The van der Waals surface area contributed by atoms with Gasteiger partial charge in [0.05, 0.1) is 6.04 Å². The van der Waals surface area contributed by atoms with Gasteiger partial charge >= 0.3 is 0 Å². The van der Waals surface area contributed by atoms with Crippen molar-refractivity contribution in [2.24, 2.45) is 5.73 Å². The Balaban J connectivity index is 1.74. The van der Waals surface area contributed by atoms with Gasteiger partial charge in [-0.25, -0.2) is 4.98 Å². The Hall–Kier alpha value is -1.88. The lowest BCUT2D eigenvalue weighted by molar-refractivity contribution is -0.133. The van der Waals surface area contributed by atoms with E-state index in [0.717, 1.165) is 31.6 Å². The zero-order valence-electron chi connectivity index (χ0n) is 11.7. The van der Waals surface area contributed by atoms with Crippen LogP contribution < -0.4 is 5.73 Å². The Bertz CT molecular complexity index is 611. The van der Waals surface area contributed by atoms with E-state index in [1.165, 1.54) is 10.9 Å². The molecule has 1 fully saturated rings. The van der Waals surface area contributed by atoms with Crippen LogP contribution in [0, 0.1) is 0 Å². The van der Waals surface area contributed by atoms with Gasteiger partial charge in [0, 0.05) is 30.9 Å². The molecule has 3 rings (SSSR count). The lowest BCUT2D eigenvalue weighted by Crippen LogP contribution is -2.45. The molecule has 0 aromatic carbocycles. The van der Waals surface area contributed by atoms with Gasteiger partial charge in [-0.05, 0) is 43.4 Å². The van der Waals surface area contributed by atoms with Gasteiger partial charge < -0.3 is 15.6 Å². The van der Waals surface area contributed by atoms with Gasteiger partial charge in [0.1, 0.15) is 5.65 Å². The minimum atomic E-state index is -0.399. The number of rotatable bonds is 2. The molecule has 1 aliphatic heterocycles. The number of H-pyrrole nitrogens is 1. The first-order chi connectivity index (χ1) is 9.66. The maximum Gasteiger partial charge on any atom is 0.239 e. The number of carbonyl (C=O) groups is 1. The van der Waals surface area contributed by atoms with Gasteiger partial charge in [-0.15, -0.1) is 0 Å². The van der Waals surface area contributed by atoms with Crippen molar-refractivity contribution in [3.63, 3.8) is 0 Å².